The van der Waals surface area contributed by atoms with Crippen LogP contribution in [0.4, 0.5) is 5.13 Å². The highest BCUT2D eigenvalue weighted by Gasteiger charge is 2.32. The van der Waals surface area contributed by atoms with Crippen molar-refractivity contribution in [2.45, 2.75) is 24.7 Å². The highest BCUT2D eigenvalue weighted by Crippen LogP contribution is 2.35. The molecule has 0 bridgehead atoms. The minimum Gasteiger partial charge on any atom is -0.497 e. The molecule has 0 aliphatic heterocycles. The molecule has 2 aromatic carbocycles. The van der Waals surface area contributed by atoms with E-state index < -0.39 is 22.5 Å². The third-order valence-corrected chi connectivity index (χ3v) is 7.53. The molecule has 170 valence electrons. The summed E-state index contributed by atoms with van der Waals surface area (Å²) < 4.78 is 38.1. The summed E-state index contributed by atoms with van der Waals surface area (Å²) in [5, 5.41) is 11.1. The average Bonchev–Trinajstić information content (AvgIpc) is 3.26. The van der Waals surface area contributed by atoms with Gasteiger partial charge < -0.3 is 14.6 Å². The van der Waals surface area contributed by atoms with Gasteiger partial charge in [-0.2, -0.15) is 0 Å². The Bertz CT molecular complexity index is 1200. The number of carboxylic acid groups (broad SMARTS) is 1. The predicted octanol–water partition coefficient (Wildman–Crippen LogP) is 4.23. The van der Waals surface area contributed by atoms with Crippen LogP contribution in [0.5, 0.6) is 11.5 Å². The summed E-state index contributed by atoms with van der Waals surface area (Å²) >= 11 is 1.05. The minimum absolute atomic E-state index is 0.0419. The number of methoxy groups -OCH3 is 2. The van der Waals surface area contributed by atoms with Crippen LogP contribution in [0.1, 0.15) is 25.3 Å². The van der Waals surface area contributed by atoms with Crippen molar-refractivity contribution in [2.75, 3.05) is 25.1 Å². The van der Waals surface area contributed by atoms with Crippen LogP contribution in [0.3, 0.4) is 0 Å². The van der Waals surface area contributed by atoms with Gasteiger partial charge in [-0.3, -0.25) is 4.79 Å². The number of sulfonamides is 1. The Balaban J connectivity index is 2.05. The van der Waals surface area contributed by atoms with E-state index in [0.29, 0.717) is 17.4 Å². The van der Waals surface area contributed by atoms with Crippen LogP contribution >= 0.6 is 11.3 Å². The van der Waals surface area contributed by atoms with Crippen LogP contribution in [0.15, 0.2) is 52.7 Å². The van der Waals surface area contributed by atoms with Crippen molar-refractivity contribution in [3.8, 4) is 22.8 Å². The number of aromatic nitrogens is 1. The van der Waals surface area contributed by atoms with E-state index >= 15 is 0 Å². The highest BCUT2D eigenvalue weighted by atomic mass is 32.2. The fourth-order valence-corrected chi connectivity index (χ4v) is 5.63. The summed E-state index contributed by atoms with van der Waals surface area (Å²) in [6.07, 6.45) is 0. The molecule has 0 fully saturated rings. The van der Waals surface area contributed by atoms with Crippen LogP contribution in [0.25, 0.3) is 11.3 Å². The van der Waals surface area contributed by atoms with Gasteiger partial charge in [0.25, 0.3) is 10.0 Å². The summed E-state index contributed by atoms with van der Waals surface area (Å²) in [6, 6.07) is 12.1. The van der Waals surface area contributed by atoms with Crippen LogP contribution in [0, 0.1) is 0 Å². The zero-order chi connectivity index (χ0) is 23.5. The number of rotatable bonds is 9. The quantitative estimate of drug-likeness (QED) is 0.493. The Kier molecular flexibility index (Phi) is 7.05. The number of hydrogen-bond donors (Lipinski definition) is 1. The smallest absolute Gasteiger partial charge is 0.324 e. The number of benzene rings is 2. The zero-order valence-electron chi connectivity index (χ0n) is 18.1. The molecule has 1 N–H and O–H groups in total. The van der Waals surface area contributed by atoms with Crippen LogP contribution in [-0.2, 0) is 14.8 Å². The van der Waals surface area contributed by atoms with Gasteiger partial charge >= 0.3 is 5.97 Å². The molecule has 0 saturated heterocycles. The summed E-state index contributed by atoms with van der Waals surface area (Å²) in [5.74, 6) is -0.565. The van der Waals surface area contributed by atoms with E-state index in [1.54, 1.807) is 11.4 Å². The van der Waals surface area contributed by atoms with Gasteiger partial charge in [-0.05, 0) is 23.6 Å². The van der Waals surface area contributed by atoms with Crippen LogP contribution in [-0.4, -0.2) is 45.2 Å². The fourth-order valence-electron chi connectivity index (χ4n) is 3.03. The van der Waals surface area contributed by atoms with Crippen molar-refractivity contribution in [2.24, 2.45) is 0 Å². The zero-order valence-corrected chi connectivity index (χ0v) is 19.7. The summed E-state index contributed by atoms with van der Waals surface area (Å²) in [4.78, 5) is 15.8. The van der Waals surface area contributed by atoms with Crippen molar-refractivity contribution in [3.05, 3.63) is 53.4 Å². The van der Waals surface area contributed by atoms with Gasteiger partial charge in [-0.1, -0.05) is 38.1 Å². The van der Waals surface area contributed by atoms with Crippen LogP contribution < -0.4 is 13.8 Å². The molecule has 0 atom stereocenters. The number of carboxylic acids is 1. The fraction of sp³-hybridized carbons (Fsp3) is 0.273. The predicted molar refractivity (Wildman–Crippen MR) is 123 cm³/mol. The Morgan fingerprint density at radius 2 is 1.81 bits per heavy atom. The third-order valence-electron chi connectivity index (χ3n) is 4.80. The SMILES string of the molecule is COc1ccc(OC)c(S(=O)(=O)N(CC(=O)O)c2nc(-c3ccc(C(C)C)cc3)cs2)c1. The first-order valence-corrected chi connectivity index (χ1v) is 12.0. The molecule has 0 aliphatic carbocycles. The topological polar surface area (TPSA) is 106 Å². The molecule has 3 rings (SSSR count). The van der Waals surface area contributed by atoms with E-state index in [1.165, 1.54) is 31.9 Å². The number of ether oxygens (including phenoxy) is 2. The second-order valence-electron chi connectivity index (χ2n) is 7.21. The van der Waals surface area contributed by atoms with Crippen LogP contribution in [0.2, 0.25) is 0 Å². The Hall–Kier alpha value is -3.11. The molecule has 1 aromatic heterocycles. The van der Waals surface area contributed by atoms with E-state index in [-0.39, 0.29) is 15.8 Å². The molecule has 32 heavy (non-hydrogen) atoms. The first kappa shape index (κ1) is 23.6. The Morgan fingerprint density at radius 3 is 2.38 bits per heavy atom. The maximum absolute atomic E-state index is 13.5. The number of hydrogen-bond acceptors (Lipinski definition) is 7. The van der Waals surface area contributed by atoms with Gasteiger partial charge in [0.05, 0.1) is 19.9 Å². The lowest BCUT2D eigenvalue weighted by molar-refractivity contribution is -0.135. The second-order valence-corrected chi connectivity index (χ2v) is 9.88. The van der Waals surface area contributed by atoms with Gasteiger partial charge in [0, 0.05) is 17.0 Å². The first-order chi connectivity index (χ1) is 15.2. The van der Waals surface area contributed by atoms with Crippen molar-refractivity contribution in [1.29, 1.82) is 0 Å². The largest absolute Gasteiger partial charge is 0.497 e. The van der Waals surface area contributed by atoms with Crippen molar-refractivity contribution < 1.29 is 27.8 Å². The number of anilines is 1. The average molecular weight is 477 g/mol. The third kappa shape index (κ3) is 4.86. The monoisotopic (exact) mass is 476 g/mol. The second kappa shape index (κ2) is 9.58. The molecular formula is C22H24N2O6S2. The molecule has 0 aliphatic rings. The van der Waals surface area contributed by atoms with Crippen molar-refractivity contribution in [1.82, 2.24) is 4.98 Å². The molecule has 8 nitrogen and oxygen atoms in total. The highest BCUT2D eigenvalue weighted by molar-refractivity contribution is 7.93. The Labute approximate surface area is 191 Å². The van der Waals surface area contributed by atoms with E-state index in [1.807, 2.05) is 24.3 Å². The number of aliphatic carboxylic acids is 1. The molecule has 0 unspecified atom stereocenters. The van der Waals surface area contributed by atoms with Gasteiger partial charge in [-0.25, -0.2) is 17.7 Å². The Morgan fingerprint density at radius 1 is 1.12 bits per heavy atom. The summed E-state index contributed by atoms with van der Waals surface area (Å²) in [5.41, 5.74) is 2.54. The summed E-state index contributed by atoms with van der Waals surface area (Å²) in [6.45, 7) is 3.40. The molecule has 1 heterocycles. The van der Waals surface area contributed by atoms with Gasteiger partial charge in [0.1, 0.15) is 22.9 Å². The lowest BCUT2D eigenvalue weighted by atomic mass is 10.0. The number of carbonyl (C=O) groups is 1. The number of thiazole rings is 1. The molecular weight excluding hydrogens is 452 g/mol. The van der Waals surface area contributed by atoms with E-state index in [0.717, 1.165) is 21.2 Å². The molecule has 0 amide bonds. The maximum atomic E-state index is 13.5. The van der Waals surface area contributed by atoms with Crippen molar-refractivity contribution >= 4 is 32.5 Å². The molecule has 0 radical (unpaired) electrons. The molecule has 0 spiro atoms. The minimum atomic E-state index is -4.32. The van der Waals surface area contributed by atoms with Gasteiger partial charge in [0.2, 0.25) is 5.13 Å². The lowest BCUT2D eigenvalue weighted by Gasteiger charge is -2.21. The van der Waals surface area contributed by atoms with E-state index in [4.69, 9.17) is 9.47 Å². The van der Waals surface area contributed by atoms with Gasteiger partial charge in [0.15, 0.2) is 0 Å². The first-order valence-electron chi connectivity index (χ1n) is 9.69. The maximum Gasteiger partial charge on any atom is 0.324 e. The number of nitrogens with zero attached hydrogens (tertiary/aromatic N) is 2. The standard InChI is InChI=1S/C22H24N2O6S2/c1-14(2)15-5-7-16(8-6-15)18-13-31-22(23-18)24(12-21(25)26)32(27,28)20-11-17(29-3)9-10-19(20)30-4/h5-11,13-14H,12H2,1-4H3,(H,25,26). The molecule has 3 aromatic rings. The normalized spacial score (nSPS) is 11.4. The molecule has 10 heteroatoms. The van der Waals surface area contributed by atoms with Crippen molar-refractivity contribution in [3.63, 3.8) is 0 Å². The lowest BCUT2D eigenvalue weighted by Crippen LogP contribution is -2.36. The van der Waals surface area contributed by atoms with E-state index in [2.05, 4.69) is 18.8 Å². The van der Waals surface area contributed by atoms with E-state index in [9.17, 15) is 18.3 Å². The summed E-state index contributed by atoms with van der Waals surface area (Å²) in [7, 11) is -1.57. The van der Waals surface area contributed by atoms with Gasteiger partial charge in [-0.15, -0.1) is 11.3 Å². The molecule has 0 saturated carbocycles.